The Balaban J connectivity index is 2.57. The molecule has 0 aliphatic heterocycles. The van der Waals surface area contributed by atoms with E-state index in [1.165, 1.54) is 0 Å². The summed E-state index contributed by atoms with van der Waals surface area (Å²) in [6.07, 6.45) is 0.781. The first-order valence-corrected chi connectivity index (χ1v) is 6.48. The fourth-order valence-electron chi connectivity index (χ4n) is 2.28. The number of hydrogen-bond acceptors (Lipinski definition) is 4. The molecule has 1 atom stereocenters. The molecule has 1 amide bonds. The van der Waals surface area contributed by atoms with E-state index in [0.717, 1.165) is 23.3 Å². The summed E-state index contributed by atoms with van der Waals surface area (Å²) in [5, 5.41) is 7.20. The molecule has 0 fully saturated rings. The zero-order valence-electron chi connectivity index (χ0n) is 11.8. The molecule has 2 heterocycles. The van der Waals surface area contributed by atoms with Crippen LogP contribution in [0.4, 0.5) is 5.95 Å². The number of rotatable bonds is 4. The van der Waals surface area contributed by atoms with Crippen LogP contribution in [0.1, 0.15) is 32.5 Å². The Morgan fingerprint density at radius 2 is 2.16 bits per heavy atom. The molecular formula is C12H20N6O. The predicted octanol–water partition coefficient (Wildman–Crippen LogP) is 0.611. The molecule has 0 spiro atoms. The van der Waals surface area contributed by atoms with E-state index >= 15 is 0 Å². The fraction of sp³-hybridized carbons (Fsp3) is 0.583. The number of carbonyl (C=O) groups is 1. The van der Waals surface area contributed by atoms with Gasteiger partial charge in [0.1, 0.15) is 11.6 Å². The van der Waals surface area contributed by atoms with Crippen molar-refractivity contribution in [1.29, 1.82) is 0 Å². The van der Waals surface area contributed by atoms with Crippen molar-refractivity contribution in [3.63, 3.8) is 0 Å². The van der Waals surface area contributed by atoms with Crippen molar-refractivity contribution in [2.75, 3.05) is 12.3 Å². The zero-order valence-corrected chi connectivity index (χ0v) is 11.8. The van der Waals surface area contributed by atoms with Crippen molar-refractivity contribution in [1.82, 2.24) is 24.6 Å². The van der Waals surface area contributed by atoms with Gasteiger partial charge < -0.3 is 11.1 Å². The average molecular weight is 264 g/mol. The Morgan fingerprint density at radius 3 is 2.74 bits per heavy atom. The number of fused-ring (bicyclic) bond motifs is 1. The Labute approximate surface area is 111 Å². The standard InChI is InChI=1S/C12H20N6O/c1-5-8-9-11(17(4)16-8)18(12(13)15-9)7(3)10(19)14-6-2/h7H,5-6H2,1-4H3,(H2,13,15)(H,14,19). The van der Waals surface area contributed by atoms with E-state index in [9.17, 15) is 4.79 Å². The van der Waals surface area contributed by atoms with Crippen molar-refractivity contribution < 1.29 is 4.79 Å². The lowest BCUT2D eigenvalue weighted by Crippen LogP contribution is -2.31. The lowest BCUT2D eigenvalue weighted by molar-refractivity contribution is -0.123. The van der Waals surface area contributed by atoms with Crippen LogP contribution < -0.4 is 11.1 Å². The number of nitrogens with one attached hydrogen (secondary N) is 1. The first-order chi connectivity index (χ1) is 9.01. The summed E-state index contributed by atoms with van der Waals surface area (Å²) < 4.78 is 3.46. The van der Waals surface area contributed by atoms with E-state index in [4.69, 9.17) is 5.73 Å². The second-order valence-electron chi connectivity index (χ2n) is 4.51. The molecule has 2 aromatic heterocycles. The van der Waals surface area contributed by atoms with E-state index in [2.05, 4.69) is 15.4 Å². The molecule has 0 radical (unpaired) electrons. The smallest absolute Gasteiger partial charge is 0.242 e. The predicted molar refractivity (Wildman–Crippen MR) is 73.7 cm³/mol. The second kappa shape index (κ2) is 4.91. The highest BCUT2D eigenvalue weighted by Gasteiger charge is 2.24. The van der Waals surface area contributed by atoms with Crippen LogP contribution in [0.25, 0.3) is 11.2 Å². The molecule has 1 unspecified atom stereocenters. The van der Waals surface area contributed by atoms with E-state index in [1.54, 1.807) is 16.2 Å². The number of aromatic nitrogens is 4. The number of anilines is 1. The van der Waals surface area contributed by atoms with Gasteiger partial charge in [-0.1, -0.05) is 6.92 Å². The van der Waals surface area contributed by atoms with Gasteiger partial charge in [0.05, 0.1) is 5.69 Å². The van der Waals surface area contributed by atoms with E-state index in [1.807, 2.05) is 20.9 Å². The molecule has 0 aromatic carbocycles. The molecule has 0 aliphatic rings. The van der Waals surface area contributed by atoms with Crippen LogP contribution in [0, 0.1) is 0 Å². The number of aryl methyl sites for hydroxylation is 2. The maximum Gasteiger partial charge on any atom is 0.242 e. The molecule has 0 aliphatic carbocycles. The van der Waals surface area contributed by atoms with Gasteiger partial charge in [0, 0.05) is 13.6 Å². The summed E-state index contributed by atoms with van der Waals surface area (Å²) >= 11 is 0. The summed E-state index contributed by atoms with van der Waals surface area (Å²) in [7, 11) is 1.84. The minimum atomic E-state index is -0.412. The maximum atomic E-state index is 12.0. The summed E-state index contributed by atoms with van der Waals surface area (Å²) in [5.41, 5.74) is 8.41. The number of imidazole rings is 1. The monoisotopic (exact) mass is 264 g/mol. The van der Waals surface area contributed by atoms with Crippen molar-refractivity contribution in [3.05, 3.63) is 5.69 Å². The van der Waals surface area contributed by atoms with E-state index < -0.39 is 6.04 Å². The number of nitrogens with two attached hydrogens (primary N) is 1. The molecule has 0 bridgehead atoms. The molecule has 104 valence electrons. The highest BCUT2D eigenvalue weighted by atomic mass is 16.2. The quantitative estimate of drug-likeness (QED) is 0.846. The number of likely N-dealkylation sites (N-methyl/N-ethyl adjacent to an activating group) is 1. The largest absolute Gasteiger partial charge is 0.369 e. The maximum absolute atomic E-state index is 12.0. The third-order valence-corrected chi connectivity index (χ3v) is 3.22. The van der Waals surface area contributed by atoms with Gasteiger partial charge in [-0.25, -0.2) is 4.98 Å². The highest BCUT2D eigenvalue weighted by molar-refractivity contribution is 5.85. The number of nitrogens with zero attached hydrogens (tertiary/aromatic N) is 4. The normalized spacial score (nSPS) is 12.8. The molecule has 0 saturated heterocycles. The van der Waals surface area contributed by atoms with Gasteiger partial charge in [-0.2, -0.15) is 5.10 Å². The zero-order chi connectivity index (χ0) is 14.2. The minimum absolute atomic E-state index is 0.0762. The molecule has 7 nitrogen and oxygen atoms in total. The fourth-order valence-corrected chi connectivity index (χ4v) is 2.28. The van der Waals surface area contributed by atoms with Crippen molar-refractivity contribution >= 4 is 23.0 Å². The van der Waals surface area contributed by atoms with Crippen LogP contribution in [0.3, 0.4) is 0 Å². The summed E-state index contributed by atoms with van der Waals surface area (Å²) in [4.78, 5) is 16.3. The Bertz CT molecular complexity index is 611. The molecular weight excluding hydrogens is 244 g/mol. The molecule has 19 heavy (non-hydrogen) atoms. The highest BCUT2D eigenvalue weighted by Crippen LogP contribution is 2.25. The van der Waals surface area contributed by atoms with Crippen molar-refractivity contribution in [2.24, 2.45) is 7.05 Å². The molecule has 0 saturated carbocycles. The topological polar surface area (TPSA) is 90.8 Å². The number of hydrogen-bond donors (Lipinski definition) is 2. The first kappa shape index (κ1) is 13.4. The Morgan fingerprint density at radius 1 is 1.47 bits per heavy atom. The summed E-state index contributed by atoms with van der Waals surface area (Å²) in [5.74, 6) is 0.268. The minimum Gasteiger partial charge on any atom is -0.369 e. The van der Waals surface area contributed by atoms with Crippen molar-refractivity contribution in [2.45, 2.75) is 33.2 Å². The van der Waals surface area contributed by atoms with Crippen LogP contribution >= 0.6 is 0 Å². The molecule has 2 aromatic rings. The Kier molecular flexibility index (Phi) is 3.46. The van der Waals surface area contributed by atoms with Crippen molar-refractivity contribution in [3.8, 4) is 0 Å². The van der Waals surface area contributed by atoms with Crippen LogP contribution in [0.5, 0.6) is 0 Å². The Hall–Kier alpha value is -2.05. The lowest BCUT2D eigenvalue weighted by atomic mass is 10.3. The second-order valence-corrected chi connectivity index (χ2v) is 4.51. The SMILES string of the molecule is CCNC(=O)C(C)n1c(N)nc2c(CC)nn(C)c21. The third-order valence-electron chi connectivity index (χ3n) is 3.22. The van der Waals surface area contributed by atoms with E-state index in [-0.39, 0.29) is 5.91 Å². The van der Waals surface area contributed by atoms with Crippen LogP contribution in [0.2, 0.25) is 0 Å². The van der Waals surface area contributed by atoms with Crippen LogP contribution in [-0.4, -0.2) is 31.8 Å². The van der Waals surface area contributed by atoms with E-state index in [0.29, 0.717) is 12.5 Å². The molecule has 2 rings (SSSR count). The van der Waals surface area contributed by atoms with Gasteiger partial charge in [-0.3, -0.25) is 14.0 Å². The molecule has 3 N–H and O–H groups in total. The third kappa shape index (κ3) is 2.05. The number of nitrogen functional groups attached to an aromatic ring is 1. The lowest BCUT2D eigenvalue weighted by Gasteiger charge is -2.15. The van der Waals surface area contributed by atoms with Gasteiger partial charge in [0.15, 0.2) is 5.65 Å². The van der Waals surface area contributed by atoms with Gasteiger partial charge in [-0.15, -0.1) is 0 Å². The first-order valence-electron chi connectivity index (χ1n) is 6.48. The van der Waals surface area contributed by atoms with Gasteiger partial charge >= 0.3 is 0 Å². The molecule has 7 heteroatoms. The summed E-state index contributed by atoms with van der Waals surface area (Å²) in [6, 6.07) is -0.412. The summed E-state index contributed by atoms with van der Waals surface area (Å²) in [6.45, 7) is 6.30. The number of amides is 1. The van der Waals surface area contributed by atoms with Gasteiger partial charge in [-0.05, 0) is 20.3 Å². The van der Waals surface area contributed by atoms with Gasteiger partial charge in [0.2, 0.25) is 11.9 Å². The average Bonchev–Trinajstić information content (AvgIpc) is 2.86. The van der Waals surface area contributed by atoms with Gasteiger partial charge in [0.25, 0.3) is 0 Å². The van der Waals surface area contributed by atoms with Crippen LogP contribution in [-0.2, 0) is 18.3 Å². The number of carbonyl (C=O) groups excluding carboxylic acids is 1. The van der Waals surface area contributed by atoms with Crippen LogP contribution in [0.15, 0.2) is 0 Å².